The summed E-state index contributed by atoms with van der Waals surface area (Å²) in [6, 6.07) is 1.72. The molecular formula is C28H39F2N7O2. The van der Waals surface area contributed by atoms with Crippen molar-refractivity contribution in [2.75, 3.05) is 61.1 Å². The lowest BCUT2D eigenvalue weighted by atomic mass is 9.89. The van der Waals surface area contributed by atoms with Crippen LogP contribution in [-0.2, 0) is 4.74 Å². The number of amidine groups is 1. The van der Waals surface area contributed by atoms with E-state index in [1.54, 1.807) is 4.90 Å². The van der Waals surface area contributed by atoms with Crippen LogP contribution in [0, 0.1) is 5.92 Å². The number of anilines is 3. The van der Waals surface area contributed by atoms with Crippen LogP contribution in [0.2, 0.25) is 0 Å². The topological polar surface area (TPSA) is 89.3 Å². The molecule has 11 heteroatoms. The molecule has 9 nitrogen and oxygen atoms in total. The molecule has 2 atom stereocenters. The SMILES string of the molecule is OC1CCC(N2CCC(CNc3nc(N4CCOCC4)cc(N4C(C(F)F)=NC5C=CC=CC54)n3)CC2)CC1. The molecule has 0 aromatic carbocycles. The molecule has 0 spiro atoms. The number of nitrogens with one attached hydrogen (secondary N) is 1. The van der Waals surface area contributed by atoms with E-state index in [0.29, 0.717) is 55.8 Å². The van der Waals surface area contributed by atoms with E-state index in [1.165, 1.54) is 0 Å². The summed E-state index contributed by atoms with van der Waals surface area (Å²) in [7, 11) is 0. The molecule has 3 aliphatic heterocycles. The third-order valence-corrected chi connectivity index (χ3v) is 8.76. The van der Waals surface area contributed by atoms with Crippen molar-refractivity contribution in [3.8, 4) is 0 Å². The zero-order valence-electron chi connectivity index (χ0n) is 22.3. The summed E-state index contributed by atoms with van der Waals surface area (Å²) in [6.45, 7) is 5.47. The van der Waals surface area contributed by atoms with Gasteiger partial charge in [0.25, 0.3) is 6.43 Å². The van der Waals surface area contributed by atoms with Crippen molar-refractivity contribution < 1.29 is 18.6 Å². The Labute approximate surface area is 228 Å². The quantitative estimate of drug-likeness (QED) is 0.543. The Balaban J connectivity index is 1.17. The number of alkyl halides is 2. The molecule has 2 aliphatic carbocycles. The van der Waals surface area contributed by atoms with Gasteiger partial charge in [-0.1, -0.05) is 24.3 Å². The molecule has 5 aliphatic rings. The Morgan fingerprint density at radius 2 is 1.67 bits per heavy atom. The minimum absolute atomic E-state index is 0.124. The second-order valence-corrected chi connectivity index (χ2v) is 11.2. The van der Waals surface area contributed by atoms with Crippen LogP contribution < -0.4 is 15.1 Å². The first-order valence-corrected chi connectivity index (χ1v) is 14.4. The number of ether oxygens (including phenoxy) is 1. The third kappa shape index (κ3) is 5.95. The van der Waals surface area contributed by atoms with Crippen LogP contribution >= 0.6 is 0 Å². The van der Waals surface area contributed by atoms with Gasteiger partial charge >= 0.3 is 0 Å². The van der Waals surface area contributed by atoms with E-state index in [0.717, 1.165) is 58.2 Å². The molecule has 2 N–H and O–H groups in total. The van der Waals surface area contributed by atoms with Crippen LogP contribution in [0.1, 0.15) is 38.5 Å². The number of morpholine rings is 1. The minimum Gasteiger partial charge on any atom is -0.393 e. The Bertz CT molecular complexity index is 1080. The maximum atomic E-state index is 14.1. The van der Waals surface area contributed by atoms with Gasteiger partial charge in [0.05, 0.1) is 31.4 Å². The van der Waals surface area contributed by atoms with Crippen molar-refractivity contribution in [3.63, 3.8) is 0 Å². The van der Waals surface area contributed by atoms with E-state index in [-0.39, 0.29) is 24.0 Å². The minimum atomic E-state index is -2.70. The smallest absolute Gasteiger partial charge is 0.295 e. The van der Waals surface area contributed by atoms with Crippen molar-refractivity contribution in [1.29, 1.82) is 0 Å². The van der Waals surface area contributed by atoms with Gasteiger partial charge in [-0.3, -0.25) is 4.99 Å². The Morgan fingerprint density at radius 3 is 2.41 bits per heavy atom. The van der Waals surface area contributed by atoms with Crippen molar-refractivity contribution in [1.82, 2.24) is 14.9 Å². The third-order valence-electron chi connectivity index (χ3n) is 8.76. The van der Waals surface area contributed by atoms with E-state index < -0.39 is 6.43 Å². The zero-order chi connectivity index (χ0) is 26.8. The molecule has 0 amide bonds. The van der Waals surface area contributed by atoms with E-state index in [4.69, 9.17) is 14.7 Å². The lowest BCUT2D eigenvalue weighted by Gasteiger charge is -2.40. The normalized spacial score (nSPS) is 30.1. The van der Waals surface area contributed by atoms with E-state index in [2.05, 4.69) is 20.1 Å². The standard InChI is InChI=1S/C28H39F2N7O2/c29-26(30)27-32-22-3-1-2-4-23(22)37(27)25-17-24(36-13-15-39-16-14-36)33-28(34-25)31-18-19-9-11-35(12-10-19)20-5-7-21(38)8-6-20/h1-4,17,19-23,26,38H,5-16,18H2,(H,31,33,34). The van der Waals surface area contributed by atoms with Crippen LogP contribution in [0.15, 0.2) is 35.4 Å². The summed E-state index contributed by atoms with van der Waals surface area (Å²) in [6.07, 6.45) is 10.9. The molecule has 39 heavy (non-hydrogen) atoms. The fourth-order valence-electron chi connectivity index (χ4n) is 6.50. The van der Waals surface area contributed by atoms with E-state index >= 15 is 0 Å². The first kappa shape index (κ1) is 26.6. The molecule has 0 radical (unpaired) electrons. The average molecular weight is 544 g/mol. The van der Waals surface area contributed by atoms with Gasteiger partial charge in [-0.15, -0.1) is 0 Å². The predicted molar refractivity (Wildman–Crippen MR) is 148 cm³/mol. The zero-order valence-corrected chi connectivity index (χ0v) is 22.3. The summed E-state index contributed by atoms with van der Waals surface area (Å²) in [5, 5.41) is 13.3. The molecule has 6 rings (SSSR count). The van der Waals surface area contributed by atoms with Crippen LogP contribution in [0.3, 0.4) is 0 Å². The van der Waals surface area contributed by atoms with Gasteiger partial charge < -0.3 is 29.9 Å². The van der Waals surface area contributed by atoms with Crippen molar-refractivity contribution in [2.45, 2.75) is 69.2 Å². The van der Waals surface area contributed by atoms with Crippen LogP contribution in [0.5, 0.6) is 0 Å². The highest BCUT2D eigenvalue weighted by Gasteiger charge is 2.40. The predicted octanol–water partition coefficient (Wildman–Crippen LogP) is 3.09. The first-order valence-electron chi connectivity index (χ1n) is 14.4. The van der Waals surface area contributed by atoms with E-state index in [9.17, 15) is 13.9 Å². The largest absolute Gasteiger partial charge is 0.393 e. The maximum Gasteiger partial charge on any atom is 0.295 e. The molecule has 1 aromatic rings. The number of likely N-dealkylation sites (tertiary alicyclic amines) is 1. The molecule has 0 bridgehead atoms. The fraction of sp³-hybridized carbons (Fsp3) is 0.679. The second kappa shape index (κ2) is 11.9. The number of allylic oxidation sites excluding steroid dienone is 2. The number of aliphatic imine (C=N–C) groups is 1. The van der Waals surface area contributed by atoms with Crippen LogP contribution in [-0.4, -0.2) is 102 Å². The maximum absolute atomic E-state index is 14.1. The Hall–Kier alpha value is -2.63. The van der Waals surface area contributed by atoms with Crippen molar-refractivity contribution in [3.05, 3.63) is 30.4 Å². The monoisotopic (exact) mass is 543 g/mol. The molecule has 2 unspecified atom stereocenters. The van der Waals surface area contributed by atoms with Gasteiger partial charge in [-0.25, -0.2) is 8.78 Å². The summed E-state index contributed by atoms with van der Waals surface area (Å²) in [4.78, 5) is 20.2. The van der Waals surface area contributed by atoms with Gasteiger partial charge in [-0.2, -0.15) is 9.97 Å². The van der Waals surface area contributed by atoms with Crippen LogP contribution in [0.25, 0.3) is 0 Å². The van der Waals surface area contributed by atoms with Gasteiger partial charge in [0.2, 0.25) is 5.95 Å². The summed E-state index contributed by atoms with van der Waals surface area (Å²) >= 11 is 0. The Morgan fingerprint density at radius 1 is 0.949 bits per heavy atom. The van der Waals surface area contributed by atoms with Crippen LogP contribution in [0.4, 0.5) is 26.4 Å². The number of halogens is 2. The fourth-order valence-corrected chi connectivity index (χ4v) is 6.50. The number of aliphatic hydroxyl groups excluding tert-OH is 1. The number of hydrogen-bond acceptors (Lipinski definition) is 9. The number of fused-ring (bicyclic) bond motifs is 1. The van der Waals surface area contributed by atoms with Gasteiger partial charge in [0, 0.05) is 31.7 Å². The molecule has 1 saturated carbocycles. The summed E-state index contributed by atoms with van der Waals surface area (Å²) < 4.78 is 33.8. The average Bonchev–Trinajstić information content (AvgIpc) is 3.37. The van der Waals surface area contributed by atoms with Crippen molar-refractivity contribution in [2.24, 2.45) is 10.9 Å². The Kier molecular flexibility index (Phi) is 8.08. The van der Waals surface area contributed by atoms with Gasteiger partial charge in [0.1, 0.15) is 11.6 Å². The van der Waals surface area contributed by atoms with Gasteiger partial charge in [0.15, 0.2) is 5.84 Å². The molecule has 1 aromatic heterocycles. The number of piperidine rings is 1. The molecule has 212 valence electrons. The lowest BCUT2D eigenvalue weighted by Crippen LogP contribution is -2.44. The summed E-state index contributed by atoms with van der Waals surface area (Å²) in [5.74, 6) is 1.86. The number of aliphatic hydroxyl groups is 1. The number of hydrogen-bond donors (Lipinski definition) is 2. The number of aromatic nitrogens is 2. The molecule has 4 heterocycles. The lowest BCUT2D eigenvalue weighted by molar-refractivity contribution is 0.0571. The molecule has 3 fully saturated rings. The van der Waals surface area contributed by atoms with E-state index in [1.807, 2.05) is 30.4 Å². The molecule has 2 saturated heterocycles. The highest BCUT2D eigenvalue weighted by molar-refractivity contribution is 6.02. The second-order valence-electron chi connectivity index (χ2n) is 11.2. The first-order chi connectivity index (χ1) is 19.0. The highest BCUT2D eigenvalue weighted by Crippen LogP contribution is 2.33. The van der Waals surface area contributed by atoms with Gasteiger partial charge in [-0.05, 0) is 57.5 Å². The molecular weight excluding hydrogens is 504 g/mol. The van der Waals surface area contributed by atoms with Crippen molar-refractivity contribution >= 4 is 23.4 Å². The highest BCUT2D eigenvalue weighted by atomic mass is 19.3. The summed E-state index contributed by atoms with van der Waals surface area (Å²) in [5.41, 5.74) is 0. The number of nitrogens with zero attached hydrogens (tertiary/aromatic N) is 6. The number of rotatable bonds is 7.